The highest BCUT2D eigenvalue weighted by Gasteiger charge is 2.31. The fraction of sp³-hybridized carbons (Fsp3) is 0.200. The first kappa shape index (κ1) is 22.9. The standard InChI is InChI=1S/C20H14Cl2F4N2O3/c1-10(14-4-2-11(6-16(14)23)20(24,25)26)27-19(29)17-8-13(31-28-17)9-30-18-5-3-12(21)7-15(18)22/h2-8,10H,9H2,1H3,(H,27,29). The fourth-order valence-electron chi connectivity index (χ4n) is 2.63. The van der Waals surface area contributed by atoms with Crippen molar-refractivity contribution in [2.45, 2.75) is 25.7 Å². The Bertz CT molecular complexity index is 1100. The van der Waals surface area contributed by atoms with Gasteiger partial charge in [0.25, 0.3) is 5.91 Å². The Morgan fingerprint density at radius 2 is 1.94 bits per heavy atom. The first-order chi connectivity index (χ1) is 14.5. The molecule has 1 amide bonds. The van der Waals surface area contributed by atoms with Gasteiger partial charge in [-0.3, -0.25) is 4.79 Å². The van der Waals surface area contributed by atoms with Crippen molar-refractivity contribution in [3.63, 3.8) is 0 Å². The maximum Gasteiger partial charge on any atom is 0.416 e. The van der Waals surface area contributed by atoms with Gasteiger partial charge in [0.15, 0.2) is 11.5 Å². The number of rotatable bonds is 6. The van der Waals surface area contributed by atoms with Crippen LogP contribution in [0.3, 0.4) is 0 Å². The molecule has 11 heteroatoms. The number of halogens is 6. The number of ether oxygens (including phenoxy) is 1. The van der Waals surface area contributed by atoms with Crippen molar-refractivity contribution in [3.8, 4) is 5.75 Å². The second-order valence-corrected chi connectivity index (χ2v) is 7.31. The van der Waals surface area contributed by atoms with E-state index in [1.54, 1.807) is 12.1 Å². The highest BCUT2D eigenvalue weighted by molar-refractivity contribution is 6.35. The summed E-state index contributed by atoms with van der Waals surface area (Å²) in [7, 11) is 0. The van der Waals surface area contributed by atoms with Crippen LogP contribution in [0, 0.1) is 5.82 Å². The van der Waals surface area contributed by atoms with Crippen molar-refractivity contribution in [2.75, 3.05) is 0 Å². The summed E-state index contributed by atoms with van der Waals surface area (Å²) in [6.45, 7) is 1.35. The van der Waals surface area contributed by atoms with Crippen LogP contribution in [0.1, 0.15) is 40.3 Å². The number of carbonyl (C=O) groups is 1. The smallest absolute Gasteiger partial charge is 0.416 e. The molecule has 0 aliphatic rings. The summed E-state index contributed by atoms with van der Waals surface area (Å²) in [6, 6.07) is 7.15. The number of nitrogens with one attached hydrogen (secondary N) is 1. The van der Waals surface area contributed by atoms with Crippen molar-refractivity contribution in [1.82, 2.24) is 10.5 Å². The van der Waals surface area contributed by atoms with Crippen LogP contribution in [-0.2, 0) is 12.8 Å². The lowest BCUT2D eigenvalue weighted by molar-refractivity contribution is -0.137. The van der Waals surface area contributed by atoms with Crippen LogP contribution in [0.5, 0.6) is 5.75 Å². The third kappa shape index (κ3) is 5.68. The Labute approximate surface area is 183 Å². The number of amides is 1. The minimum Gasteiger partial charge on any atom is -0.484 e. The molecule has 1 atom stereocenters. The predicted molar refractivity (Wildman–Crippen MR) is 105 cm³/mol. The predicted octanol–water partition coefficient (Wildman–Crippen LogP) is 6.21. The van der Waals surface area contributed by atoms with Crippen LogP contribution < -0.4 is 10.1 Å². The zero-order chi connectivity index (χ0) is 22.8. The molecule has 164 valence electrons. The van der Waals surface area contributed by atoms with E-state index in [1.807, 2.05) is 0 Å². The molecule has 0 spiro atoms. The van der Waals surface area contributed by atoms with Crippen LogP contribution in [0.25, 0.3) is 0 Å². The number of benzene rings is 2. The number of hydrogen-bond acceptors (Lipinski definition) is 4. The fourth-order valence-corrected chi connectivity index (χ4v) is 3.10. The Balaban J connectivity index is 1.63. The summed E-state index contributed by atoms with van der Waals surface area (Å²) >= 11 is 11.8. The van der Waals surface area contributed by atoms with Crippen molar-refractivity contribution in [2.24, 2.45) is 0 Å². The monoisotopic (exact) mass is 476 g/mol. The van der Waals surface area contributed by atoms with Gasteiger partial charge in [-0.2, -0.15) is 13.2 Å². The van der Waals surface area contributed by atoms with Crippen LogP contribution in [0.2, 0.25) is 10.0 Å². The first-order valence-electron chi connectivity index (χ1n) is 8.75. The molecule has 1 unspecified atom stereocenters. The summed E-state index contributed by atoms with van der Waals surface area (Å²) in [5.74, 6) is -1.23. The molecular formula is C20H14Cl2F4N2O3. The first-order valence-corrected chi connectivity index (χ1v) is 9.51. The molecule has 1 N–H and O–H groups in total. The SMILES string of the molecule is CC(NC(=O)c1cc(COc2ccc(Cl)cc2Cl)on1)c1ccc(C(F)(F)F)cc1F. The Hall–Kier alpha value is -2.78. The van der Waals surface area contributed by atoms with Gasteiger partial charge in [-0.05, 0) is 37.3 Å². The molecule has 0 aliphatic carbocycles. The highest BCUT2D eigenvalue weighted by Crippen LogP contribution is 2.31. The van der Waals surface area contributed by atoms with Crippen molar-refractivity contribution < 1.29 is 31.6 Å². The van der Waals surface area contributed by atoms with Crippen LogP contribution in [-0.4, -0.2) is 11.1 Å². The van der Waals surface area contributed by atoms with Crippen molar-refractivity contribution in [1.29, 1.82) is 0 Å². The van der Waals surface area contributed by atoms with Crippen molar-refractivity contribution in [3.05, 3.63) is 80.9 Å². The van der Waals surface area contributed by atoms with E-state index >= 15 is 0 Å². The molecule has 2 aromatic carbocycles. The number of nitrogens with zero attached hydrogens (tertiary/aromatic N) is 1. The van der Waals surface area contributed by atoms with Crippen LogP contribution >= 0.6 is 23.2 Å². The van der Waals surface area contributed by atoms with Gasteiger partial charge >= 0.3 is 6.18 Å². The number of aromatic nitrogens is 1. The lowest BCUT2D eigenvalue weighted by atomic mass is 10.0. The Morgan fingerprint density at radius 3 is 2.58 bits per heavy atom. The lowest BCUT2D eigenvalue weighted by Gasteiger charge is -2.15. The zero-order valence-corrected chi connectivity index (χ0v) is 17.3. The number of hydrogen-bond donors (Lipinski definition) is 1. The molecule has 0 aliphatic heterocycles. The van der Waals surface area contributed by atoms with E-state index in [9.17, 15) is 22.4 Å². The van der Waals surface area contributed by atoms with E-state index in [-0.39, 0.29) is 28.6 Å². The van der Waals surface area contributed by atoms with Gasteiger partial charge in [-0.1, -0.05) is 34.4 Å². The molecule has 0 radical (unpaired) electrons. The quantitative estimate of drug-likeness (QED) is 0.429. The summed E-state index contributed by atoms with van der Waals surface area (Å²) in [5, 5.41) is 6.80. The molecule has 0 fully saturated rings. The summed E-state index contributed by atoms with van der Waals surface area (Å²) < 4.78 is 62.6. The largest absolute Gasteiger partial charge is 0.484 e. The van der Waals surface area contributed by atoms with Gasteiger partial charge < -0.3 is 14.6 Å². The Kier molecular flexibility index (Phi) is 6.76. The van der Waals surface area contributed by atoms with E-state index < -0.39 is 29.5 Å². The third-order valence-electron chi connectivity index (χ3n) is 4.20. The van der Waals surface area contributed by atoms with E-state index in [2.05, 4.69) is 10.5 Å². The topological polar surface area (TPSA) is 64.4 Å². The zero-order valence-electron chi connectivity index (χ0n) is 15.8. The number of carbonyl (C=O) groups excluding carboxylic acids is 1. The normalized spacial score (nSPS) is 12.5. The van der Waals surface area contributed by atoms with Crippen LogP contribution in [0.15, 0.2) is 47.0 Å². The second-order valence-electron chi connectivity index (χ2n) is 6.47. The summed E-state index contributed by atoms with van der Waals surface area (Å²) in [6.07, 6.45) is -4.67. The molecule has 0 saturated carbocycles. The summed E-state index contributed by atoms with van der Waals surface area (Å²) in [4.78, 5) is 12.3. The van der Waals surface area contributed by atoms with E-state index in [0.717, 1.165) is 12.1 Å². The van der Waals surface area contributed by atoms with Gasteiger partial charge in [0.2, 0.25) is 0 Å². The average molecular weight is 477 g/mol. The Morgan fingerprint density at radius 1 is 1.19 bits per heavy atom. The van der Waals surface area contributed by atoms with E-state index in [0.29, 0.717) is 16.8 Å². The molecular weight excluding hydrogens is 463 g/mol. The van der Waals surface area contributed by atoms with Crippen molar-refractivity contribution >= 4 is 29.1 Å². The molecule has 0 bridgehead atoms. The molecule has 3 rings (SSSR count). The van der Waals surface area contributed by atoms with Gasteiger partial charge in [-0.25, -0.2) is 4.39 Å². The molecule has 31 heavy (non-hydrogen) atoms. The average Bonchev–Trinajstić information content (AvgIpc) is 3.15. The van der Waals surface area contributed by atoms with Gasteiger partial charge in [0.1, 0.15) is 18.2 Å². The molecule has 0 saturated heterocycles. The van der Waals surface area contributed by atoms with Gasteiger partial charge in [0, 0.05) is 16.7 Å². The van der Waals surface area contributed by atoms with Gasteiger partial charge in [-0.15, -0.1) is 0 Å². The molecule has 3 aromatic rings. The minimum atomic E-state index is -4.67. The second kappa shape index (κ2) is 9.15. The molecule has 1 aromatic heterocycles. The molecule has 1 heterocycles. The minimum absolute atomic E-state index is 0.0787. The summed E-state index contributed by atoms with van der Waals surface area (Å²) in [5.41, 5.74) is -1.33. The maximum atomic E-state index is 14.1. The lowest BCUT2D eigenvalue weighted by Crippen LogP contribution is -2.27. The number of alkyl halides is 3. The maximum absolute atomic E-state index is 14.1. The highest BCUT2D eigenvalue weighted by atomic mass is 35.5. The van der Waals surface area contributed by atoms with E-state index in [1.165, 1.54) is 19.1 Å². The molecule has 5 nitrogen and oxygen atoms in total. The van der Waals surface area contributed by atoms with Gasteiger partial charge in [0.05, 0.1) is 16.6 Å². The third-order valence-corrected chi connectivity index (χ3v) is 4.73. The van der Waals surface area contributed by atoms with E-state index in [4.69, 9.17) is 32.5 Å². The van der Waals surface area contributed by atoms with Crippen LogP contribution in [0.4, 0.5) is 17.6 Å².